The first kappa shape index (κ1) is 18.6. The van der Waals surface area contributed by atoms with E-state index in [4.69, 9.17) is 4.74 Å². The van der Waals surface area contributed by atoms with Crippen LogP contribution in [-0.2, 0) is 4.74 Å². The Morgan fingerprint density at radius 2 is 1.92 bits per heavy atom. The molecular formula is C17H27N3O4. The number of ether oxygens (including phenoxy) is 1. The molecule has 7 heteroatoms. The fourth-order valence-electron chi connectivity index (χ4n) is 2.79. The largest absolute Gasteiger partial charge is 0.389 e. The molecule has 0 aliphatic carbocycles. The summed E-state index contributed by atoms with van der Waals surface area (Å²) in [5.74, 6) is 0. The van der Waals surface area contributed by atoms with Gasteiger partial charge in [-0.15, -0.1) is 0 Å². The summed E-state index contributed by atoms with van der Waals surface area (Å²) < 4.78 is 5.46. The Balaban J connectivity index is 1.71. The van der Waals surface area contributed by atoms with Gasteiger partial charge in [-0.25, -0.2) is 0 Å². The van der Waals surface area contributed by atoms with Gasteiger partial charge < -0.3 is 14.7 Å². The van der Waals surface area contributed by atoms with E-state index < -0.39 is 6.10 Å². The van der Waals surface area contributed by atoms with E-state index in [-0.39, 0.29) is 10.6 Å². The number of anilines is 1. The molecule has 1 aromatic carbocycles. The minimum absolute atomic E-state index is 0.114. The fraction of sp³-hybridized carbons (Fsp3) is 0.647. The van der Waals surface area contributed by atoms with Crippen LogP contribution >= 0.6 is 0 Å². The van der Waals surface area contributed by atoms with Crippen molar-refractivity contribution in [3.63, 3.8) is 0 Å². The second-order valence-electron chi connectivity index (χ2n) is 6.14. The maximum atomic E-state index is 10.7. The van der Waals surface area contributed by atoms with Crippen molar-refractivity contribution in [2.24, 2.45) is 0 Å². The van der Waals surface area contributed by atoms with Gasteiger partial charge in [0.15, 0.2) is 0 Å². The second kappa shape index (κ2) is 9.56. The lowest BCUT2D eigenvalue weighted by Crippen LogP contribution is -2.49. The van der Waals surface area contributed by atoms with Crippen LogP contribution in [0.3, 0.4) is 0 Å². The summed E-state index contributed by atoms with van der Waals surface area (Å²) in [5.41, 5.74) is 1.12. The molecule has 134 valence electrons. The van der Waals surface area contributed by atoms with Crippen LogP contribution in [0.15, 0.2) is 24.3 Å². The molecule has 7 nitrogen and oxygen atoms in total. The molecule has 24 heavy (non-hydrogen) atoms. The van der Waals surface area contributed by atoms with Gasteiger partial charge in [0.2, 0.25) is 0 Å². The molecule has 0 spiro atoms. The molecule has 1 saturated heterocycles. The van der Waals surface area contributed by atoms with Gasteiger partial charge in [-0.05, 0) is 18.6 Å². The average molecular weight is 337 g/mol. The van der Waals surface area contributed by atoms with Crippen molar-refractivity contribution in [3.05, 3.63) is 34.4 Å². The second-order valence-corrected chi connectivity index (χ2v) is 6.14. The number of nitro benzene ring substituents is 1. The number of β-amino-alcohol motifs (C(OH)–C–C–N with tert-alkyl or cyclic N) is 1. The zero-order chi connectivity index (χ0) is 17.4. The molecule has 1 N–H and O–H groups in total. The Kier molecular flexibility index (Phi) is 7.42. The summed E-state index contributed by atoms with van der Waals surface area (Å²) in [7, 11) is 0. The molecule has 0 radical (unpaired) electrons. The Morgan fingerprint density at radius 1 is 1.25 bits per heavy atom. The van der Waals surface area contributed by atoms with E-state index in [9.17, 15) is 15.2 Å². The fourth-order valence-corrected chi connectivity index (χ4v) is 2.79. The lowest BCUT2D eigenvalue weighted by molar-refractivity contribution is -0.384. The lowest BCUT2D eigenvalue weighted by Gasteiger charge is -2.36. The van der Waals surface area contributed by atoms with Gasteiger partial charge in [0.05, 0.1) is 17.6 Å². The smallest absolute Gasteiger partial charge is 0.269 e. The Bertz CT molecular complexity index is 501. The summed E-state index contributed by atoms with van der Waals surface area (Å²) in [6, 6.07) is 6.67. The molecule has 0 saturated carbocycles. The zero-order valence-corrected chi connectivity index (χ0v) is 14.3. The molecule has 1 heterocycles. The predicted molar refractivity (Wildman–Crippen MR) is 93.5 cm³/mol. The number of aliphatic hydroxyl groups is 1. The lowest BCUT2D eigenvalue weighted by atomic mass is 10.2. The third-order valence-electron chi connectivity index (χ3n) is 4.22. The van der Waals surface area contributed by atoms with Crippen molar-refractivity contribution >= 4 is 11.4 Å². The molecule has 0 amide bonds. The highest BCUT2D eigenvalue weighted by Gasteiger charge is 2.20. The number of nitrogens with zero attached hydrogens (tertiary/aromatic N) is 3. The van der Waals surface area contributed by atoms with Crippen LogP contribution in [0.1, 0.15) is 19.8 Å². The minimum atomic E-state index is -0.451. The maximum Gasteiger partial charge on any atom is 0.269 e. The first-order chi connectivity index (χ1) is 11.6. The van der Waals surface area contributed by atoms with E-state index in [2.05, 4.69) is 16.7 Å². The summed E-state index contributed by atoms with van der Waals surface area (Å²) in [4.78, 5) is 14.8. The van der Waals surface area contributed by atoms with Crippen molar-refractivity contribution in [2.75, 3.05) is 50.8 Å². The Morgan fingerprint density at radius 3 is 2.50 bits per heavy atom. The van der Waals surface area contributed by atoms with Gasteiger partial charge in [-0.1, -0.05) is 13.3 Å². The highest BCUT2D eigenvalue weighted by molar-refractivity contribution is 5.51. The van der Waals surface area contributed by atoms with Gasteiger partial charge in [0, 0.05) is 57.2 Å². The highest BCUT2D eigenvalue weighted by Crippen LogP contribution is 2.20. The standard InChI is InChI=1S/C17H27N3O4/c1-2-3-12-24-14-17(21)13-18-8-10-19(11-9-18)15-4-6-16(7-5-15)20(22)23/h4-7,17,21H,2-3,8-14H2,1H3/t17-/m0/s1. The normalized spacial score (nSPS) is 17.0. The molecule has 1 fully saturated rings. The Hall–Kier alpha value is -1.70. The van der Waals surface area contributed by atoms with Crippen LogP contribution in [0.5, 0.6) is 0 Å². The summed E-state index contributed by atoms with van der Waals surface area (Å²) in [6.45, 7) is 7.27. The van der Waals surface area contributed by atoms with Crippen LogP contribution in [0.2, 0.25) is 0 Å². The zero-order valence-electron chi connectivity index (χ0n) is 14.3. The van der Waals surface area contributed by atoms with Crippen molar-refractivity contribution in [1.82, 2.24) is 4.90 Å². The molecule has 0 bridgehead atoms. The van der Waals surface area contributed by atoms with Crippen LogP contribution in [0, 0.1) is 10.1 Å². The highest BCUT2D eigenvalue weighted by atomic mass is 16.6. The average Bonchev–Trinajstić information content (AvgIpc) is 2.59. The predicted octanol–water partition coefficient (Wildman–Crippen LogP) is 1.89. The first-order valence-corrected chi connectivity index (χ1v) is 8.57. The number of unbranched alkanes of at least 4 members (excludes halogenated alkanes) is 1. The van der Waals surface area contributed by atoms with E-state index in [1.165, 1.54) is 0 Å². The molecule has 1 aliphatic rings. The molecule has 1 atom stereocenters. The molecule has 1 aliphatic heterocycles. The van der Waals surface area contributed by atoms with Gasteiger partial charge in [-0.2, -0.15) is 0 Å². The quantitative estimate of drug-likeness (QED) is 0.421. The van der Waals surface area contributed by atoms with Crippen LogP contribution in [0.4, 0.5) is 11.4 Å². The first-order valence-electron chi connectivity index (χ1n) is 8.57. The van der Waals surface area contributed by atoms with Crippen molar-refractivity contribution in [1.29, 1.82) is 0 Å². The number of hydrogen-bond acceptors (Lipinski definition) is 6. The van der Waals surface area contributed by atoms with Gasteiger partial charge in [0.25, 0.3) is 5.69 Å². The SMILES string of the molecule is CCCCOC[C@@H](O)CN1CCN(c2ccc([N+](=O)[O-])cc2)CC1. The molecule has 2 rings (SSSR count). The topological polar surface area (TPSA) is 79.1 Å². The van der Waals surface area contributed by atoms with Crippen LogP contribution in [-0.4, -0.2) is 67.0 Å². The number of aliphatic hydroxyl groups excluding tert-OH is 1. The summed E-state index contributed by atoms with van der Waals surface area (Å²) in [5, 5.41) is 20.7. The molecule has 1 aromatic rings. The molecule has 0 unspecified atom stereocenters. The summed E-state index contributed by atoms with van der Waals surface area (Å²) in [6.07, 6.45) is 1.68. The molecule has 0 aromatic heterocycles. The van der Waals surface area contributed by atoms with Gasteiger partial charge in [0.1, 0.15) is 0 Å². The van der Waals surface area contributed by atoms with E-state index in [1.807, 2.05) is 0 Å². The monoisotopic (exact) mass is 337 g/mol. The van der Waals surface area contributed by atoms with E-state index >= 15 is 0 Å². The number of non-ortho nitro benzene ring substituents is 1. The van der Waals surface area contributed by atoms with E-state index in [1.54, 1.807) is 24.3 Å². The van der Waals surface area contributed by atoms with E-state index in [0.717, 1.165) is 44.7 Å². The summed E-state index contributed by atoms with van der Waals surface area (Å²) >= 11 is 0. The van der Waals surface area contributed by atoms with Gasteiger partial charge in [-0.3, -0.25) is 15.0 Å². The minimum Gasteiger partial charge on any atom is -0.389 e. The number of nitro groups is 1. The van der Waals surface area contributed by atoms with Crippen LogP contribution in [0.25, 0.3) is 0 Å². The van der Waals surface area contributed by atoms with Crippen molar-refractivity contribution in [3.8, 4) is 0 Å². The number of piperazine rings is 1. The van der Waals surface area contributed by atoms with Crippen LogP contribution < -0.4 is 4.90 Å². The number of rotatable bonds is 9. The molecular weight excluding hydrogens is 310 g/mol. The van der Waals surface area contributed by atoms with E-state index in [0.29, 0.717) is 19.8 Å². The third-order valence-corrected chi connectivity index (χ3v) is 4.22. The van der Waals surface area contributed by atoms with Gasteiger partial charge >= 0.3 is 0 Å². The number of hydrogen-bond donors (Lipinski definition) is 1. The third kappa shape index (κ3) is 5.74. The maximum absolute atomic E-state index is 10.7. The van der Waals surface area contributed by atoms with Crippen molar-refractivity contribution < 1.29 is 14.8 Å². The number of benzene rings is 1. The Labute approximate surface area is 143 Å². The van der Waals surface area contributed by atoms with Crippen molar-refractivity contribution in [2.45, 2.75) is 25.9 Å².